The van der Waals surface area contributed by atoms with Crippen molar-refractivity contribution in [2.75, 3.05) is 18.4 Å². The van der Waals surface area contributed by atoms with E-state index in [0.717, 1.165) is 12.1 Å². The second kappa shape index (κ2) is 8.53. The number of para-hydroxylation sites is 1. The molecule has 3 N–H and O–H groups in total. The fourth-order valence-electron chi connectivity index (χ4n) is 1.60. The number of carbonyl (C=O) groups excluding carboxylic acids is 2. The summed E-state index contributed by atoms with van der Waals surface area (Å²) >= 11 is 0. The molecule has 21 heavy (non-hydrogen) atoms. The summed E-state index contributed by atoms with van der Waals surface area (Å²) in [6, 6.07) is 2.51. The number of amides is 2. The van der Waals surface area contributed by atoms with Crippen molar-refractivity contribution in [1.29, 1.82) is 0 Å². The Kier molecular flexibility index (Phi) is 7.83. The molecule has 0 radical (unpaired) electrons. The first kappa shape index (κ1) is 19.3. The summed E-state index contributed by atoms with van der Waals surface area (Å²) in [7, 11) is 0. The third kappa shape index (κ3) is 5.28. The van der Waals surface area contributed by atoms with Crippen LogP contribution in [-0.2, 0) is 9.59 Å². The topological polar surface area (TPSA) is 75.4 Å². The second-order valence-corrected chi connectivity index (χ2v) is 4.29. The molecule has 0 spiro atoms. The van der Waals surface area contributed by atoms with Crippen molar-refractivity contribution in [1.82, 2.24) is 4.90 Å². The smallest absolute Gasteiger partial charge is 0.244 e. The molecule has 1 atom stereocenters. The molecule has 0 aliphatic carbocycles. The maximum atomic E-state index is 13.4. The van der Waals surface area contributed by atoms with Gasteiger partial charge in [-0.2, -0.15) is 0 Å². The van der Waals surface area contributed by atoms with E-state index < -0.39 is 35.2 Å². The Hall–Kier alpha value is -1.73. The van der Waals surface area contributed by atoms with Crippen molar-refractivity contribution < 1.29 is 18.4 Å². The normalized spacial score (nSPS) is 11.3. The van der Waals surface area contributed by atoms with Gasteiger partial charge in [0.1, 0.15) is 17.3 Å². The molecule has 118 valence electrons. The Labute approximate surface area is 127 Å². The zero-order valence-electron chi connectivity index (χ0n) is 11.7. The first-order chi connectivity index (χ1) is 9.36. The molecule has 0 saturated heterocycles. The Morgan fingerprint density at radius 3 is 2.29 bits per heavy atom. The lowest BCUT2D eigenvalue weighted by Gasteiger charge is -2.22. The van der Waals surface area contributed by atoms with Crippen molar-refractivity contribution in [3.05, 3.63) is 29.8 Å². The van der Waals surface area contributed by atoms with E-state index in [-0.39, 0.29) is 25.5 Å². The quantitative estimate of drug-likeness (QED) is 0.863. The zero-order chi connectivity index (χ0) is 15.3. The molecular weight excluding hydrogens is 304 g/mol. The fraction of sp³-hybridized carbons (Fsp3) is 0.385. The fourth-order valence-corrected chi connectivity index (χ4v) is 1.60. The van der Waals surface area contributed by atoms with Crippen LogP contribution in [0.1, 0.15) is 13.8 Å². The van der Waals surface area contributed by atoms with E-state index >= 15 is 0 Å². The van der Waals surface area contributed by atoms with Crippen LogP contribution >= 0.6 is 12.4 Å². The summed E-state index contributed by atoms with van der Waals surface area (Å²) in [5.74, 6) is -2.85. The van der Waals surface area contributed by atoms with Gasteiger partial charge in [-0.15, -0.1) is 12.4 Å². The molecule has 0 aliphatic heterocycles. The third-order valence-corrected chi connectivity index (χ3v) is 2.64. The van der Waals surface area contributed by atoms with Gasteiger partial charge >= 0.3 is 0 Å². The summed E-state index contributed by atoms with van der Waals surface area (Å²) in [5.41, 5.74) is 4.92. The maximum Gasteiger partial charge on any atom is 0.244 e. The minimum Gasteiger partial charge on any atom is -0.332 e. The third-order valence-electron chi connectivity index (χ3n) is 2.64. The average molecular weight is 322 g/mol. The lowest BCUT2D eigenvalue weighted by molar-refractivity contribution is -0.135. The standard InChI is InChI=1S/C13H17F2N3O2.ClH/c1-3-18(13(20)8(2)16)7-11(19)17-12-9(14)5-4-6-10(12)15;/h4-6,8H,3,7,16H2,1-2H3,(H,17,19);1H/t8-;/m1./s1. The minimum atomic E-state index is -0.875. The summed E-state index contributed by atoms with van der Waals surface area (Å²) in [6.45, 7) is 3.13. The van der Waals surface area contributed by atoms with Crippen molar-refractivity contribution >= 4 is 29.9 Å². The van der Waals surface area contributed by atoms with Crippen molar-refractivity contribution in [3.8, 4) is 0 Å². The minimum absolute atomic E-state index is 0. The summed E-state index contributed by atoms with van der Waals surface area (Å²) in [4.78, 5) is 24.6. The largest absolute Gasteiger partial charge is 0.332 e. The highest BCUT2D eigenvalue weighted by Gasteiger charge is 2.20. The molecule has 0 fully saturated rings. The van der Waals surface area contributed by atoms with Crippen LogP contribution in [0.15, 0.2) is 18.2 Å². The highest BCUT2D eigenvalue weighted by atomic mass is 35.5. The maximum absolute atomic E-state index is 13.4. The van der Waals surface area contributed by atoms with Crippen LogP contribution in [0, 0.1) is 11.6 Å². The van der Waals surface area contributed by atoms with Gasteiger partial charge in [0.15, 0.2) is 0 Å². The molecular formula is C13H18ClF2N3O2. The zero-order valence-corrected chi connectivity index (χ0v) is 12.5. The average Bonchev–Trinajstić information content (AvgIpc) is 2.39. The van der Waals surface area contributed by atoms with Crippen molar-refractivity contribution in [3.63, 3.8) is 0 Å². The van der Waals surface area contributed by atoms with Crippen LogP contribution in [0.25, 0.3) is 0 Å². The van der Waals surface area contributed by atoms with Gasteiger partial charge in [0, 0.05) is 6.54 Å². The number of anilines is 1. The first-order valence-corrected chi connectivity index (χ1v) is 6.15. The van der Waals surface area contributed by atoms with E-state index in [1.807, 2.05) is 0 Å². The number of halogens is 3. The van der Waals surface area contributed by atoms with Crippen molar-refractivity contribution in [2.24, 2.45) is 5.73 Å². The molecule has 1 aromatic carbocycles. The number of likely N-dealkylation sites (N-methyl/N-ethyl adjacent to an activating group) is 1. The Morgan fingerprint density at radius 2 is 1.86 bits per heavy atom. The van der Waals surface area contributed by atoms with Gasteiger partial charge in [0.2, 0.25) is 11.8 Å². The van der Waals surface area contributed by atoms with Crippen LogP contribution in [0.2, 0.25) is 0 Å². The second-order valence-electron chi connectivity index (χ2n) is 4.29. The molecule has 0 saturated carbocycles. The lowest BCUT2D eigenvalue weighted by Crippen LogP contribution is -2.45. The predicted molar refractivity (Wildman–Crippen MR) is 78.1 cm³/mol. The molecule has 8 heteroatoms. The summed E-state index contributed by atoms with van der Waals surface area (Å²) < 4.78 is 26.7. The number of hydrogen-bond donors (Lipinski definition) is 2. The molecule has 0 unspecified atom stereocenters. The van der Waals surface area contributed by atoms with E-state index in [1.165, 1.54) is 17.9 Å². The van der Waals surface area contributed by atoms with Gasteiger partial charge in [-0.05, 0) is 26.0 Å². The van der Waals surface area contributed by atoms with Gasteiger partial charge in [-0.25, -0.2) is 8.78 Å². The van der Waals surface area contributed by atoms with Gasteiger partial charge in [0.25, 0.3) is 0 Å². The Morgan fingerprint density at radius 1 is 1.33 bits per heavy atom. The first-order valence-electron chi connectivity index (χ1n) is 6.15. The van der Waals surface area contributed by atoms with Crippen LogP contribution < -0.4 is 11.1 Å². The molecule has 0 aromatic heterocycles. The number of nitrogens with two attached hydrogens (primary N) is 1. The summed E-state index contributed by atoms with van der Waals surface area (Å²) in [6.07, 6.45) is 0. The SMILES string of the molecule is CCN(CC(=O)Nc1c(F)cccc1F)C(=O)[C@@H](C)N.Cl. The summed E-state index contributed by atoms with van der Waals surface area (Å²) in [5, 5.41) is 2.11. The van der Waals surface area contributed by atoms with Crippen LogP contribution in [0.4, 0.5) is 14.5 Å². The molecule has 1 aromatic rings. The van der Waals surface area contributed by atoms with Crippen LogP contribution in [0.3, 0.4) is 0 Å². The highest BCUT2D eigenvalue weighted by molar-refractivity contribution is 5.95. The number of benzene rings is 1. The molecule has 1 rings (SSSR count). The predicted octanol–water partition coefficient (Wildman–Crippen LogP) is 1.52. The van der Waals surface area contributed by atoms with Gasteiger partial charge in [0.05, 0.1) is 12.6 Å². The lowest BCUT2D eigenvalue weighted by atomic mass is 10.2. The Bertz CT molecular complexity index is 492. The number of nitrogens with zero attached hydrogens (tertiary/aromatic N) is 1. The van der Waals surface area contributed by atoms with Gasteiger partial charge < -0.3 is 16.0 Å². The van der Waals surface area contributed by atoms with Gasteiger partial charge in [-0.3, -0.25) is 9.59 Å². The van der Waals surface area contributed by atoms with E-state index in [2.05, 4.69) is 5.32 Å². The monoisotopic (exact) mass is 321 g/mol. The van der Waals surface area contributed by atoms with Crippen LogP contribution in [-0.4, -0.2) is 35.8 Å². The number of rotatable bonds is 5. The van der Waals surface area contributed by atoms with E-state index in [0.29, 0.717) is 0 Å². The van der Waals surface area contributed by atoms with E-state index in [4.69, 9.17) is 5.73 Å². The van der Waals surface area contributed by atoms with Crippen molar-refractivity contribution in [2.45, 2.75) is 19.9 Å². The van der Waals surface area contributed by atoms with Crippen LogP contribution in [0.5, 0.6) is 0 Å². The highest BCUT2D eigenvalue weighted by Crippen LogP contribution is 2.17. The van der Waals surface area contributed by atoms with E-state index in [9.17, 15) is 18.4 Å². The number of nitrogens with one attached hydrogen (secondary N) is 1. The van der Waals surface area contributed by atoms with Gasteiger partial charge in [-0.1, -0.05) is 6.07 Å². The molecule has 0 aliphatic rings. The number of carbonyl (C=O) groups is 2. The number of hydrogen-bond acceptors (Lipinski definition) is 3. The molecule has 5 nitrogen and oxygen atoms in total. The molecule has 0 bridgehead atoms. The van der Waals surface area contributed by atoms with E-state index in [1.54, 1.807) is 6.92 Å². The molecule has 0 heterocycles. The molecule has 2 amide bonds. The Balaban J connectivity index is 0.00000400.